The van der Waals surface area contributed by atoms with Gasteiger partial charge in [0, 0.05) is 19.6 Å². The van der Waals surface area contributed by atoms with Crippen molar-refractivity contribution in [2.75, 3.05) is 14.2 Å². The van der Waals surface area contributed by atoms with Crippen molar-refractivity contribution >= 4 is 5.96 Å². The lowest BCUT2D eigenvalue weighted by atomic mass is 10.1. The van der Waals surface area contributed by atoms with Crippen LogP contribution in [-0.4, -0.2) is 26.2 Å². The van der Waals surface area contributed by atoms with Gasteiger partial charge in [-0.3, -0.25) is 4.99 Å². The standard InChI is InChI=1S/C15H24FN3O/c1-10(2)11(3)19-15(17-4)18-9-12-6-7-14(20-5)13(16)8-12/h6-8,10-11H,9H2,1-5H3,(H2,17,18,19). The number of nitrogens with zero attached hydrogens (tertiary/aromatic N) is 1. The molecule has 0 aliphatic carbocycles. The zero-order valence-corrected chi connectivity index (χ0v) is 12.8. The summed E-state index contributed by atoms with van der Waals surface area (Å²) in [4.78, 5) is 4.16. The number of benzene rings is 1. The first kappa shape index (κ1) is 16.3. The SMILES string of the molecule is CN=C(NCc1ccc(OC)c(F)c1)NC(C)C(C)C. The molecule has 0 heterocycles. The molecule has 0 amide bonds. The van der Waals surface area contributed by atoms with Crippen LogP contribution >= 0.6 is 0 Å². The largest absolute Gasteiger partial charge is 0.494 e. The van der Waals surface area contributed by atoms with Crippen LogP contribution in [0.15, 0.2) is 23.2 Å². The highest BCUT2D eigenvalue weighted by atomic mass is 19.1. The molecule has 1 unspecified atom stereocenters. The van der Waals surface area contributed by atoms with Gasteiger partial charge in [0.05, 0.1) is 7.11 Å². The maximum absolute atomic E-state index is 13.6. The van der Waals surface area contributed by atoms with E-state index in [2.05, 4.69) is 36.4 Å². The fourth-order valence-corrected chi connectivity index (χ4v) is 1.58. The molecule has 0 saturated carbocycles. The number of aliphatic imine (C=N–C) groups is 1. The van der Waals surface area contributed by atoms with E-state index in [1.165, 1.54) is 13.2 Å². The summed E-state index contributed by atoms with van der Waals surface area (Å²) >= 11 is 0. The van der Waals surface area contributed by atoms with Crippen LogP contribution in [0.2, 0.25) is 0 Å². The molecule has 0 fully saturated rings. The number of hydrogen-bond donors (Lipinski definition) is 2. The molecule has 20 heavy (non-hydrogen) atoms. The van der Waals surface area contributed by atoms with E-state index in [1.807, 2.05) is 6.07 Å². The Bertz CT molecular complexity index is 460. The summed E-state index contributed by atoms with van der Waals surface area (Å²) in [6.07, 6.45) is 0. The molecular weight excluding hydrogens is 257 g/mol. The molecule has 0 spiro atoms. The molecule has 5 heteroatoms. The van der Waals surface area contributed by atoms with E-state index in [4.69, 9.17) is 4.74 Å². The van der Waals surface area contributed by atoms with E-state index in [0.717, 1.165) is 5.56 Å². The van der Waals surface area contributed by atoms with Gasteiger partial charge in [0.2, 0.25) is 0 Å². The van der Waals surface area contributed by atoms with Gasteiger partial charge in [0.1, 0.15) is 0 Å². The Balaban J connectivity index is 2.59. The molecule has 1 aromatic rings. The molecule has 0 aliphatic heterocycles. The smallest absolute Gasteiger partial charge is 0.191 e. The van der Waals surface area contributed by atoms with E-state index in [9.17, 15) is 4.39 Å². The van der Waals surface area contributed by atoms with E-state index < -0.39 is 0 Å². The fraction of sp³-hybridized carbons (Fsp3) is 0.533. The molecule has 1 rings (SSSR count). The molecule has 1 atom stereocenters. The zero-order valence-electron chi connectivity index (χ0n) is 12.8. The minimum atomic E-state index is -0.356. The summed E-state index contributed by atoms with van der Waals surface area (Å²) in [5.41, 5.74) is 0.837. The lowest BCUT2D eigenvalue weighted by molar-refractivity contribution is 0.386. The number of hydrogen-bond acceptors (Lipinski definition) is 2. The van der Waals surface area contributed by atoms with Crippen molar-refractivity contribution in [2.45, 2.75) is 33.4 Å². The predicted molar refractivity (Wildman–Crippen MR) is 80.6 cm³/mol. The summed E-state index contributed by atoms with van der Waals surface area (Å²) in [5.74, 6) is 1.12. The van der Waals surface area contributed by atoms with Crippen molar-refractivity contribution in [3.63, 3.8) is 0 Å². The Morgan fingerprint density at radius 1 is 1.35 bits per heavy atom. The van der Waals surface area contributed by atoms with Crippen LogP contribution in [-0.2, 0) is 6.54 Å². The Kier molecular flexibility index (Phi) is 6.28. The molecule has 112 valence electrons. The quantitative estimate of drug-likeness (QED) is 0.644. The van der Waals surface area contributed by atoms with Gasteiger partial charge in [-0.1, -0.05) is 19.9 Å². The van der Waals surface area contributed by atoms with Crippen LogP contribution in [0, 0.1) is 11.7 Å². The molecule has 0 radical (unpaired) electrons. The van der Waals surface area contributed by atoms with Gasteiger partial charge in [-0.05, 0) is 30.5 Å². The van der Waals surface area contributed by atoms with Crippen molar-refractivity contribution in [1.82, 2.24) is 10.6 Å². The van der Waals surface area contributed by atoms with Crippen molar-refractivity contribution in [2.24, 2.45) is 10.9 Å². The average Bonchev–Trinajstić information content (AvgIpc) is 2.43. The minimum Gasteiger partial charge on any atom is -0.494 e. The van der Waals surface area contributed by atoms with Crippen molar-refractivity contribution < 1.29 is 9.13 Å². The van der Waals surface area contributed by atoms with E-state index >= 15 is 0 Å². The highest BCUT2D eigenvalue weighted by molar-refractivity contribution is 5.79. The van der Waals surface area contributed by atoms with E-state index in [0.29, 0.717) is 24.5 Å². The molecule has 0 aromatic heterocycles. The number of nitrogens with one attached hydrogen (secondary N) is 2. The van der Waals surface area contributed by atoms with Gasteiger partial charge in [-0.25, -0.2) is 4.39 Å². The average molecular weight is 281 g/mol. The highest BCUT2D eigenvalue weighted by Gasteiger charge is 2.09. The predicted octanol–water partition coefficient (Wildman–Crippen LogP) is 2.54. The zero-order chi connectivity index (χ0) is 15.1. The monoisotopic (exact) mass is 281 g/mol. The van der Waals surface area contributed by atoms with Gasteiger partial charge in [0.25, 0.3) is 0 Å². The van der Waals surface area contributed by atoms with Crippen LogP contribution in [0.1, 0.15) is 26.3 Å². The van der Waals surface area contributed by atoms with Gasteiger partial charge in [-0.2, -0.15) is 0 Å². The lowest BCUT2D eigenvalue weighted by Crippen LogP contribution is -2.43. The van der Waals surface area contributed by atoms with Crippen LogP contribution in [0.5, 0.6) is 5.75 Å². The summed E-state index contributed by atoms with van der Waals surface area (Å²) in [7, 11) is 3.17. The van der Waals surface area contributed by atoms with Crippen LogP contribution in [0.3, 0.4) is 0 Å². The van der Waals surface area contributed by atoms with Gasteiger partial charge in [0.15, 0.2) is 17.5 Å². The summed E-state index contributed by atoms with van der Waals surface area (Å²) in [6, 6.07) is 5.23. The van der Waals surface area contributed by atoms with Gasteiger partial charge in [-0.15, -0.1) is 0 Å². The summed E-state index contributed by atoms with van der Waals surface area (Å²) in [6.45, 7) is 6.89. The third-order valence-corrected chi connectivity index (χ3v) is 3.26. The number of guanidine groups is 1. The molecule has 2 N–H and O–H groups in total. The topological polar surface area (TPSA) is 45.7 Å². The molecule has 0 bridgehead atoms. The van der Waals surface area contributed by atoms with Crippen molar-refractivity contribution in [3.05, 3.63) is 29.6 Å². The summed E-state index contributed by atoms with van der Waals surface area (Å²) in [5, 5.41) is 6.46. The fourth-order valence-electron chi connectivity index (χ4n) is 1.58. The van der Waals surface area contributed by atoms with Crippen molar-refractivity contribution in [3.8, 4) is 5.75 Å². The third-order valence-electron chi connectivity index (χ3n) is 3.26. The Morgan fingerprint density at radius 3 is 2.55 bits per heavy atom. The summed E-state index contributed by atoms with van der Waals surface area (Å²) < 4.78 is 18.5. The molecular formula is C15H24FN3O. The Hall–Kier alpha value is -1.78. The van der Waals surface area contributed by atoms with E-state index in [1.54, 1.807) is 13.1 Å². The van der Waals surface area contributed by atoms with Crippen LogP contribution in [0.25, 0.3) is 0 Å². The maximum Gasteiger partial charge on any atom is 0.191 e. The molecule has 0 saturated heterocycles. The highest BCUT2D eigenvalue weighted by Crippen LogP contribution is 2.17. The first-order chi connectivity index (χ1) is 9.47. The third kappa shape index (κ3) is 4.72. The first-order valence-electron chi connectivity index (χ1n) is 6.77. The van der Waals surface area contributed by atoms with Crippen LogP contribution in [0.4, 0.5) is 4.39 Å². The first-order valence-corrected chi connectivity index (χ1v) is 6.77. The number of methoxy groups -OCH3 is 1. The molecule has 1 aromatic carbocycles. The normalized spacial score (nSPS) is 13.2. The van der Waals surface area contributed by atoms with Crippen LogP contribution < -0.4 is 15.4 Å². The number of ether oxygens (including phenoxy) is 1. The Labute approximate surface area is 120 Å². The van der Waals surface area contributed by atoms with Gasteiger partial charge < -0.3 is 15.4 Å². The Morgan fingerprint density at radius 2 is 2.05 bits per heavy atom. The van der Waals surface area contributed by atoms with Gasteiger partial charge >= 0.3 is 0 Å². The molecule has 0 aliphatic rings. The number of halogens is 1. The second-order valence-corrected chi connectivity index (χ2v) is 5.07. The second-order valence-electron chi connectivity index (χ2n) is 5.07. The van der Waals surface area contributed by atoms with E-state index in [-0.39, 0.29) is 11.6 Å². The molecule has 4 nitrogen and oxygen atoms in total. The van der Waals surface area contributed by atoms with Crippen molar-refractivity contribution in [1.29, 1.82) is 0 Å². The number of rotatable bonds is 5. The maximum atomic E-state index is 13.6. The minimum absolute atomic E-state index is 0.254. The second kappa shape index (κ2) is 7.72. The lowest BCUT2D eigenvalue weighted by Gasteiger charge is -2.20.